The molecule has 3 nitrogen and oxygen atoms in total. The molecule has 3 saturated carbocycles. The van der Waals surface area contributed by atoms with E-state index < -0.39 is 0 Å². The zero-order valence-corrected chi connectivity index (χ0v) is 22.0. The molecule has 0 N–H and O–H groups in total. The Morgan fingerprint density at radius 3 is 2.42 bits per heavy atom. The molecular formula is C30H46O3. The second-order valence-corrected chi connectivity index (χ2v) is 12.8. The van der Waals surface area contributed by atoms with Gasteiger partial charge in [0.15, 0.2) is 5.78 Å². The Labute approximate surface area is 201 Å². The summed E-state index contributed by atoms with van der Waals surface area (Å²) in [4.78, 5) is 25.1. The fraction of sp³-hybridized carbons (Fsp3) is 0.800. The molecule has 0 heterocycles. The molecule has 3 fully saturated rings. The maximum atomic E-state index is 13.6. The fourth-order valence-electron chi connectivity index (χ4n) is 8.31. The minimum absolute atomic E-state index is 0.0586. The topological polar surface area (TPSA) is 43.4 Å². The lowest BCUT2D eigenvalue weighted by atomic mass is 9.46. The van der Waals surface area contributed by atoms with Gasteiger partial charge in [0, 0.05) is 19.3 Å². The molecular weight excluding hydrogens is 408 g/mol. The van der Waals surface area contributed by atoms with Gasteiger partial charge in [-0.3, -0.25) is 9.59 Å². The molecule has 184 valence electrons. The molecule has 4 rings (SSSR count). The van der Waals surface area contributed by atoms with Crippen molar-refractivity contribution >= 4 is 11.8 Å². The number of hydrogen-bond donors (Lipinski definition) is 0. The third kappa shape index (κ3) is 4.27. The number of hydrogen-bond acceptors (Lipinski definition) is 3. The Hall–Kier alpha value is -1.38. The Balaban J connectivity index is 1.55. The monoisotopic (exact) mass is 454 g/mol. The van der Waals surface area contributed by atoms with Gasteiger partial charge in [0.2, 0.25) is 0 Å². The van der Waals surface area contributed by atoms with Crippen LogP contribution >= 0.6 is 0 Å². The van der Waals surface area contributed by atoms with E-state index in [1.54, 1.807) is 0 Å². The van der Waals surface area contributed by atoms with Crippen molar-refractivity contribution in [2.45, 2.75) is 99.5 Å². The van der Waals surface area contributed by atoms with Gasteiger partial charge in [-0.15, -0.1) is 0 Å². The van der Waals surface area contributed by atoms with Gasteiger partial charge in [-0.2, -0.15) is 0 Å². The summed E-state index contributed by atoms with van der Waals surface area (Å²) in [6.45, 7) is 15.7. The van der Waals surface area contributed by atoms with Crippen molar-refractivity contribution in [1.29, 1.82) is 0 Å². The van der Waals surface area contributed by atoms with Gasteiger partial charge in [-0.05, 0) is 90.9 Å². The predicted octanol–water partition coefficient (Wildman–Crippen LogP) is 7.16. The quantitative estimate of drug-likeness (QED) is 0.327. The number of ether oxygens (including phenoxy) is 1. The van der Waals surface area contributed by atoms with E-state index >= 15 is 0 Å². The van der Waals surface area contributed by atoms with Crippen LogP contribution in [0.5, 0.6) is 0 Å². The van der Waals surface area contributed by atoms with Crippen LogP contribution in [-0.2, 0) is 14.3 Å². The molecule has 9 atom stereocenters. The lowest BCUT2D eigenvalue weighted by Gasteiger charge is -2.57. The van der Waals surface area contributed by atoms with Crippen molar-refractivity contribution in [3.8, 4) is 0 Å². The third-order valence-electron chi connectivity index (χ3n) is 10.7. The van der Waals surface area contributed by atoms with Crippen LogP contribution in [0.3, 0.4) is 0 Å². The number of esters is 1. The number of carbonyl (C=O) groups excluding carboxylic acids is 2. The molecule has 4 aliphatic carbocycles. The van der Waals surface area contributed by atoms with Crippen molar-refractivity contribution in [2.75, 3.05) is 0 Å². The molecule has 0 bridgehead atoms. The van der Waals surface area contributed by atoms with Crippen molar-refractivity contribution in [3.63, 3.8) is 0 Å². The lowest BCUT2D eigenvalue weighted by molar-refractivity contribution is -0.149. The summed E-state index contributed by atoms with van der Waals surface area (Å²) < 4.78 is 5.54. The first-order chi connectivity index (χ1) is 15.5. The van der Waals surface area contributed by atoms with Gasteiger partial charge >= 0.3 is 5.97 Å². The minimum atomic E-state index is -0.208. The summed E-state index contributed by atoms with van der Waals surface area (Å²) >= 11 is 0. The predicted molar refractivity (Wildman–Crippen MR) is 133 cm³/mol. The fourth-order valence-corrected chi connectivity index (χ4v) is 8.31. The highest BCUT2D eigenvalue weighted by atomic mass is 16.5. The van der Waals surface area contributed by atoms with Crippen LogP contribution in [0.2, 0.25) is 0 Å². The van der Waals surface area contributed by atoms with Gasteiger partial charge in [-0.1, -0.05) is 59.3 Å². The number of rotatable bonds is 5. The van der Waals surface area contributed by atoms with E-state index in [2.05, 4.69) is 53.7 Å². The van der Waals surface area contributed by atoms with Gasteiger partial charge in [0.05, 0.1) is 0 Å². The van der Waals surface area contributed by atoms with Gasteiger partial charge in [0.25, 0.3) is 0 Å². The lowest BCUT2D eigenvalue weighted by Crippen LogP contribution is -2.53. The van der Waals surface area contributed by atoms with Crippen LogP contribution < -0.4 is 0 Å². The molecule has 0 aromatic rings. The van der Waals surface area contributed by atoms with Crippen LogP contribution in [0, 0.1) is 52.3 Å². The zero-order chi connectivity index (χ0) is 24.1. The second-order valence-electron chi connectivity index (χ2n) is 12.8. The normalized spacial score (nSPS) is 42.4. The molecule has 0 saturated heterocycles. The van der Waals surface area contributed by atoms with Crippen LogP contribution in [0.15, 0.2) is 23.8 Å². The maximum absolute atomic E-state index is 13.6. The Morgan fingerprint density at radius 2 is 1.76 bits per heavy atom. The summed E-state index contributed by atoms with van der Waals surface area (Å²) in [6.07, 6.45) is 14.4. The molecule has 0 radical (unpaired) electrons. The van der Waals surface area contributed by atoms with E-state index in [1.807, 2.05) is 6.08 Å². The standard InChI is InChI=1S/C30H46O3/c1-18(2)19(3)8-9-20(4)24-10-11-25-28-26(13-15-30(24,25)7)29(6)14-12-23(33-21(5)31)16-22(29)17-27(28)32/h8-9,17-20,23-26,28H,10-16H2,1-7H3/b9-8+/t19-,20+,23-,24+,25-,26-,28-,29-,30+/m0/s1. The van der Waals surface area contributed by atoms with Crippen molar-refractivity contribution in [2.24, 2.45) is 52.3 Å². The van der Waals surface area contributed by atoms with Crippen LogP contribution in [-0.4, -0.2) is 17.9 Å². The van der Waals surface area contributed by atoms with Crippen LogP contribution in [0.25, 0.3) is 0 Å². The van der Waals surface area contributed by atoms with Gasteiger partial charge in [0.1, 0.15) is 6.10 Å². The highest BCUT2D eigenvalue weighted by Gasteiger charge is 2.61. The number of ketones is 1. The summed E-state index contributed by atoms with van der Waals surface area (Å²) in [5.74, 6) is 3.82. The molecule has 0 aromatic heterocycles. The zero-order valence-electron chi connectivity index (χ0n) is 22.0. The first kappa shape index (κ1) is 24.7. The number of allylic oxidation sites excluding steroid dienone is 3. The Kier molecular flexibility index (Phi) is 6.75. The Bertz CT molecular complexity index is 837. The van der Waals surface area contributed by atoms with Crippen molar-refractivity contribution in [3.05, 3.63) is 23.8 Å². The highest BCUT2D eigenvalue weighted by Crippen LogP contribution is 2.66. The molecule has 0 amide bonds. The molecule has 33 heavy (non-hydrogen) atoms. The van der Waals surface area contributed by atoms with Gasteiger partial charge < -0.3 is 4.74 Å². The summed E-state index contributed by atoms with van der Waals surface area (Å²) in [7, 11) is 0. The highest BCUT2D eigenvalue weighted by molar-refractivity contribution is 5.94. The molecule has 0 spiro atoms. The molecule has 0 aromatic carbocycles. The van der Waals surface area contributed by atoms with E-state index in [0.717, 1.165) is 25.7 Å². The largest absolute Gasteiger partial charge is 0.462 e. The molecule has 3 heteroatoms. The number of fused-ring (bicyclic) bond motifs is 5. The maximum Gasteiger partial charge on any atom is 0.302 e. The number of carbonyl (C=O) groups is 2. The van der Waals surface area contributed by atoms with E-state index in [1.165, 1.54) is 31.8 Å². The molecule has 4 aliphatic rings. The third-order valence-corrected chi connectivity index (χ3v) is 10.7. The summed E-state index contributed by atoms with van der Waals surface area (Å²) in [5.41, 5.74) is 1.61. The van der Waals surface area contributed by atoms with Crippen molar-refractivity contribution in [1.82, 2.24) is 0 Å². The Morgan fingerprint density at radius 1 is 1.03 bits per heavy atom. The first-order valence-electron chi connectivity index (χ1n) is 13.6. The molecule has 0 aliphatic heterocycles. The van der Waals surface area contributed by atoms with Crippen molar-refractivity contribution < 1.29 is 14.3 Å². The van der Waals surface area contributed by atoms with E-state index in [9.17, 15) is 9.59 Å². The first-order valence-corrected chi connectivity index (χ1v) is 13.6. The van der Waals surface area contributed by atoms with Gasteiger partial charge in [-0.25, -0.2) is 0 Å². The summed E-state index contributed by atoms with van der Waals surface area (Å²) in [5, 5.41) is 0. The van der Waals surface area contributed by atoms with E-state index in [0.29, 0.717) is 41.3 Å². The minimum Gasteiger partial charge on any atom is -0.462 e. The second kappa shape index (κ2) is 9.00. The van der Waals surface area contributed by atoms with E-state index in [-0.39, 0.29) is 28.8 Å². The average Bonchev–Trinajstić information content (AvgIpc) is 3.09. The van der Waals surface area contributed by atoms with Crippen LogP contribution in [0.1, 0.15) is 93.4 Å². The average molecular weight is 455 g/mol. The van der Waals surface area contributed by atoms with Crippen LogP contribution in [0.4, 0.5) is 0 Å². The smallest absolute Gasteiger partial charge is 0.302 e. The SMILES string of the molecule is CC(=O)O[C@H]1CC[C@@]2(C)C(=CC(=O)[C@H]3[C@@H]4CC[C@H]([C@H](C)/C=C/[C@H](C)C(C)C)[C@@]4(C)CC[C@@H]32)C1. The molecule has 0 unspecified atom stereocenters. The summed E-state index contributed by atoms with van der Waals surface area (Å²) in [6, 6.07) is 0. The van der Waals surface area contributed by atoms with E-state index in [4.69, 9.17) is 4.74 Å².